The molecule has 2 N–H and O–H groups in total. The van der Waals surface area contributed by atoms with E-state index in [1.165, 1.54) is 0 Å². The van der Waals surface area contributed by atoms with Crippen molar-refractivity contribution in [3.63, 3.8) is 0 Å². The Labute approximate surface area is 128 Å². The lowest BCUT2D eigenvalue weighted by Gasteiger charge is -2.09. The highest BCUT2D eigenvalue weighted by Gasteiger charge is 2.13. The van der Waals surface area contributed by atoms with Crippen LogP contribution in [0.15, 0.2) is 29.2 Å². The van der Waals surface area contributed by atoms with E-state index in [2.05, 4.69) is 17.0 Å². The van der Waals surface area contributed by atoms with Crippen molar-refractivity contribution >= 4 is 10.0 Å². The minimum absolute atomic E-state index is 0.315. The zero-order chi connectivity index (χ0) is 15.6. The Morgan fingerprint density at radius 3 is 2.71 bits per heavy atom. The quantitative estimate of drug-likeness (QED) is 0.612. The molecule has 0 fully saturated rings. The first-order valence-electron chi connectivity index (χ1n) is 7.47. The third kappa shape index (κ3) is 7.04. The molecule has 1 aromatic rings. The van der Waals surface area contributed by atoms with Gasteiger partial charge in [0.2, 0.25) is 10.0 Å². The zero-order valence-corrected chi connectivity index (χ0v) is 13.7. The monoisotopic (exact) mass is 314 g/mol. The molecule has 0 aliphatic rings. The van der Waals surface area contributed by atoms with Gasteiger partial charge in [-0.3, -0.25) is 0 Å². The number of ether oxygens (including phenoxy) is 1. The summed E-state index contributed by atoms with van der Waals surface area (Å²) in [5, 5.41) is 3.26. The molecule has 0 heterocycles. The maximum Gasteiger partial charge on any atom is 0.240 e. The Morgan fingerprint density at radius 2 is 2.00 bits per heavy atom. The summed E-state index contributed by atoms with van der Waals surface area (Å²) in [6.45, 7) is 7.23. The smallest absolute Gasteiger partial charge is 0.240 e. The van der Waals surface area contributed by atoms with Crippen molar-refractivity contribution in [3.05, 3.63) is 29.8 Å². The Bertz CT molecular complexity index is 503. The van der Waals surface area contributed by atoms with Crippen molar-refractivity contribution < 1.29 is 13.2 Å². The van der Waals surface area contributed by atoms with Crippen LogP contribution in [0.4, 0.5) is 0 Å². The number of nitrogens with one attached hydrogen (secondary N) is 2. The minimum Gasteiger partial charge on any atom is -0.382 e. The SMILES string of the molecule is CCCNCc1cccc(S(=O)(=O)NCCCOCC)c1. The van der Waals surface area contributed by atoms with E-state index in [0.717, 1.165) is 18.5 Å². The normalized spacial score (nSPS) is 11.7. The summed E-state index contributed by atoms with van der Waals surface area (Å²) in [6.07, 6.45) is 1.73. The lowest BCUT2D eigenvalue weighted by molar-refractivity contribution is 0.146. The van der Waals surface area contributed by atoms with Gasteiger partial charge in [-0.2, -0.15) is 0 Å². The lowest BCUT2D eigenvalue weighted by atomic mass is 10.2. The molecule has 120 valence electrons. The second-order valence-corrected chi connectivity index (χ2v) is 6.54. The van der Waals surface area contributed by atoms with Crippen LogP contribution < -0.4 is 10.0 Å². The van der Waals surface area contributed by atoms with Crippen molar-refractivity contribution in [1.29, 1.82) is 0 Å². The molecule has 1 rings (SSSR count). The molecule has 0 saturated carbocycles. The highest BCUT2D eigenvalue weighted by atomic mass is 32.2. The molecular formula is C15H26N2O3S. The molecule has 1 aromatic carbocycles. The Hall–Kier alpha value is -0.950. The topological polar surface area (TPSA) is 67.4 Å². The molecule has 6 heteroatoms. The summed E-state index contributed by atoms with van der Waals surface area (Å²) >= 11 is 0. The van der Waals surface area contributed by atoms with Crippen LogP contribution in [0.2, 0.25) is 0 Å². The fourth-order valence-electron chi connectivity index (χ4n) is 1.84. The molecule has 5 nitrogen and oxygen atoms in total. The molecule has 0 atom stereocenters. The molecule has 0 aromatic heterocycles. The molecule has 21 heavy (non-hydrogen) atoms. The summed E-state index contributed by atoms with van der Waals surface area (Å²) < 4.78 is 32.1. The van der Waals surface area contributed by atoms with Gasteiger partial charge in [0.1, 0.15) is 0 Å². The minimum atomic E-state index is -3.43. The van der Waals surface area contributed by atoms with Crippen molar-refractivity contribution in [2.45, 2.75) is 38.1 Å². The van der Waals surface area contributed by atoms with Gasteiger partial charge in [0.05, 0.1) is 4.90 Å². The van der Waals surface area contributed by atoms with Crippen molar-refractivity contribution in [3.8, 4) is 0 Å². The fraction of sp³-hybridized carbons (Fsp3) is 0.600. The number of sulfonamides is 1. The molecular weight excluding hydrogens is 288 g/mol. The van der Waals surface area contributed by atoms with E-state index in [1.54, 1.807) is 18.2 Å². The standard InChI is InChI=1S/C15H26N2O3S/c1-3-9-16-13-14-7-5-8-15(12-14)21(18,19)17-10-6-11-20-4-2/h5,7-8,12,16-17H,3-4,6,9-11,13H2,1-2H3. The Balaban J connectivity index is 2.55. The summed E-state index contributed by atoms with van der Waals surface area (Å²) in [5.74, 6) is 0. The van der Waals surface area contributed by atoms with Gasteiger partial charge < -0.3 is 10.1 Å². The van der Waals surface area contributed by atoms with Gasteiger partial charge in [-0.25, -0.2) is 13.1 Å². The van der Waals surface area contributed by atoms with Gasteiger partial charge >= 0.3 is 0 Å². The predicted octanol–water partition coefficient (Wildman–Crippen LogP) is 1.89. The fourth-order valence-corrected chi connectivity index (χ4v) is 2.98. The average Bonchev–Trinajstić information content (AvgIpc) is 2.48. The van der Waals surface area contributed by atoms with E-state index in [0.29, 0.717) is 37.6 Å². The van der Waals surface area contributed by atoms with Crippen molar-refractivity contribution in [2.75, 3.05) is 26.3 Å². The average molecular weight is 314 g/mol. The summed E-state index contributed by atoms with van der Waals surface area (Å²) in [4.78, 5) is 0.315. The maximum absolute atomic E-state index is 12.2. The van der Waals surface area contributed by atoms with Crippen LogP contribution in [-0.2, 0) is 21.3 Å². The molecule has 0 radical (unpaired) electrons. The summed E-state index contributed by atoms with van der Waals surface area (Å²) in [6, 6.07) is 7.04. The van der Waals surface area contributed by atoms with Gasteiger partial charge in [0, 0.05) is 26.3 Å². The largest absolute Gasteiger partial charge is 0.382 e. The second kappa shape index (κ2) is 9.89. The highest BCUT2D eigenvalue weighted by Crippen LogP contribution is 2.11. The number of benzene rings is 1. The zero-order valence-electron chi connectivity index (χ0n) is 12.9. The van der Waals surface area contributed by atoms with Crippen LogP contribution in [0, 0.1) is 0 Å². The third-order valence-electron chi connectivity index (χ3n) is 2.93. The molecule has 0 bridgehead atoms. The summed E-state index contributed by atoms with van der Waals surface area (Å²) in [5.41, 5.74) is 0.973. The van der Waals surface area contributed by atoms with E-state index in [4.69, 9.17) is 4.74 Å². The van der Waals surface area contributed by atoms with E-state index >= 15 is 0 Å². The first-order valence-corrected chi connectivity index (χ1v) is 8.95. The molecule has 0 saturated heterocycles. The van der Waals surface area contributed by atoms with Gasteiger partial charge in [-0.15, -0.1) is 0 Å². The van der Waals surface area contributed by atoms with Crippen molar-refractivity contribution in [2.24, 2.45) is 0 Å². The molecule has 0 amide bonds. The van der Waals surface area contributed by atoms with Crippen LogP contribution in [0.25, 0.3) is 0 Å². The number of hydrogen-bond acceptors (Lipinski definition) is 4. The van der Waals surface area contributed by atoms with Crippen LogP contribution >= 0.6 is 0 Å². The molecule has 0 unspecified atom stereocenters. The highest BCUT2D eigenvalue weighted by molar-refractivity contribution is 7.89. The predicted molar refractivity (Wildman–Crippen MR) is 84.7 cm³/mol. The first-order chi connectivity index (χ1) is 10.1. The molecule has 0 aliphatic heterocycles. The van der Waals surface area contributed by atoms with Gasteiger partial charge in [0.25, 0.3) is 0 Å². The second-order valence-electron chi connectivity index (χ2n) is 4.77. The van der Waals surface area contributed by atoms with Crippen LogP contribution in [-0.4, -0.2) is 34.7 Å². The first kappa shape index (κ1) is 18.1. The van der Waals surface area contributed by atoms with Gasteiger partial charge in [-0.1, -0.05) is 19.1 Å². The number of rotatable bonds is 11. The van der Waals surface area contributed by atoms with Crippen LogP contribution in [0.5, 0.6) is 0 Å². The van der Waals surface area contributed by atoms with Gasteiger partial charge in [0.15, 0.2) is 0 Å². The van der Waals surface area contributed by atoms with Crippen LogP contribution in [0.1, 0.15) is 32.3 Å². The Morgan fingerprint density at radius 1 is 1.19 bits per heavy atom. The maximum atomic E-state index is 12.2. The van der Waals surface area contributed by atoms with Crippen molar-refractivity contribution in [1.82, 2.24) is 10.0 Å². The third-order valence-corrected chi connectivity index (χ3v) is 4.39. The van der Waals surface area contributed by atoms with E-state index in [1.807, 2.05) is 13.0 Å². The molecule has 0 aliphatic carbocycles. The van der Waals surface area contributed by atoms with Crippen LogP contribution in [0.3, 0.4) is 0 Å². The number of hydrogen-bond donors (Lipinski definition) is 2. The van der Waals surface area contributed by atoms with E-state index in [9.17, 15) is 8.42 Å². The molecule has 0 spiro atoms. The Kier molecular flexibility index (Phi) is 8.52. The van der Waals surface area contributed by atoms with E-state index in [-0.39, 0.29) is 0 Å². The summed E-state index contributed by atoms with van der Waals surface area (Å²) in [7, 11) is -3.43. The lowest BCUT2D eigenvalue weighted by Crippen LogP contribution is -2.26. The van der Waals surface area contributed by atoms with Gasteiger partial charge in [-0.05, 0) is 44.0 Å². The van der Waals surface area contributed by atoms with E-state index < -0.39 is 10.0 Å².